The molecule has 0 aliphatic heterocycles. The summed E-state index contributed by atoms with van der Waals surface area (Å²) >= 11 is 0. The second-order valence-electron chi connectivity index (χ2n) is 5.42. The number of carboxylic acid groups (broad SMARTS) is 1. The normalized spacial score (nSPS) is 11.0. The number of nitrogens with zero attached hydrogens (tertiary/aromatic N) is 3. The van der Waals surface area contributed by atoms with Gasteiger partial charge in [0.25, 0.3) is 0 Å². The van der Waals surface area contributed by atoms with Gasteiger partial charge in [-0.05, 0) is 12.0 Å². The van der Waals surface area contributed by atoms with E-state index in [2.05, 4.69) is 5.10 Å². The molecule has 1 N–H and O–H groups in total. The van der Waals surface area contributed by atoms with Gasteiger partial charge in [0, 0.05) is 11.9 Å². The fraction of sp³-hybridized carbons (Fsp3) is 0.400. The van der Waals surface area contributed by atoms with Crippen LogP contribution in [0, 0.1) is 5.92 Å². The molecule has 0 radical (unpaired) electrons. The van der Waals surface area contributed by atoms with Gasteiger partial charge in [-0.25, -0.2) is 0 Å². The predicted molar refractivity (Wildman–Crippen MR) is 78.8 cm³/mol. The Balaban J connectivity index is 2.15. The smallest absolute Gasteiger partial charge is 0.323 e. The third-order valence-electron chi connectivity index (χ3n) is 3.10. The molecule has 21 heavy (non-hydrogen) atoms. The van der Waals surface area contributed by atoms with Crippen LogP contribution in [0.15, 0.2) is 30.5 Å². The molecular weight excluding hydrogens is 270 g/mol. The van der Waals surface area contributed by atoms with Gasteiger partial charge in [0.2, 0.25) is 5.91 Å². The lowest BCUT2D eigenvalue weighted by Gasteiger charge is -2.22. The van der Waals surface area contributed by atoms with E-state index in [9.17, 15) is 9.59 Å². The Bertz CT molecular complexity index is 648. The number of aromatic nitrogens is 2. The lowest BCUT2D eigenvalue weighted by molar-refractivity contribution is -0.145. The molecule has 0 spiro atoms. The third kappa shape index (κ3) is 3.81. The number of para-hydroxylation sites is 1. The van der Waals surface area contributed by atoms with Crippen LogP contribution in [0.3, 0.4) is 0 Å². The molecule has 0 aliphatic rings. The maximum absolute atomic E-state index is 12.3. The highest BCUT2D eigenvalue weighted by Gasteiger charge is 2.19. The highest BCUT2D eigenvalue weighted by Crippen LogP contribution is 2.13. The number of benzene rings is 1. The number of fused-ring (bicyclic) bond motifs is 1. The highest BCUT2D eigenvalue weighted by molar-refractivity contribution is 5.84. The molecule has 0 aliphatic carbocycles. The molecule has 0 unspecified atom stereocenters. The molecule has 1 aromatic heterocycles. The summed E-state index contributed by atoms with van der Waals surface area (Å²) in [5.41, 5.74) is 0.866. The van der Waals surface area contributed by atoms with Gasteiger partial charge in [0.15, 0.2) is 0 Å². The molecule has 1 heterocycles. The van der Waals surface area contributed by atoms with E-state index >= 15 is 0 Å². The van der Waals surface area contributed by atoms with Crippen molar-refractivity contribution in [2.24, 2.45) is 5.92 Å². The summed E-state index contributed by atoms with van der Waals surface area (Å²) in [7, 11) is 0. The Kier molecular flexibility index (Phi) is 4.57. The lowest BCUT2D eigenvalue weighted by Crippen LogP contribution is -2.40. The maximum atomic E-state index is 12.3. The van der Waals surface area contributed by atoms with E-state index in [-0.39, 0.29) is 24.9 Å². The number of hydrogen-bond acceptors (Lipinski definition) is 3. The standard InChI is InChI=1S/C15H19N3O3/c1-11(2)8-17(10-15(20)21)14(19)9-18-13-6-4-3-5-12(13)7-16-18/h3-7,11H,8-10H2,1-2H3,(H,20,21). The molecule has 112 valence electrons. The number of carboxylic acids is 1. The first-order chi connectivity index (χ1) is 9.97. The van der Waals surface area contributed by atoms with Crippen LogP contribution in [-0.4, -0.2) is 44.8 Å². The van der Waals surface area contributed by atoms with E-state index < -0.39 is 5.97 Å². The van der Waals surface area contributed by atoms with Crippen molar-refractivity contribution in [1.29, 1.82) is 0 Å². The highest BCUT2D eigenvalue weighted by atomic mass is 16.4. The Morgan fingerprint density at radius 3 is 2.71 bits per heavy atom. The van der Waals surface area contributed by atoms with Crippen LogP contribution in [0.1, 0.15) is 13.8 Å². The zero-order valence-electron chi connectivity index (χ0n) is 12.2. The second-order valence-corrected chi connectivity index (χ2v) is 5.42. The lowest BCUT2D eigenvalue weighted by atomic mass is 10.2. The van der Waals surface area contributed by atoms with Crippen molar-refractivity contribution in [2.45, 2.75) is 20.4 Å². The van der Waals surface area contributed by atoms with E-state index in [0.717, 1.165) is 10.9 Å². The topological polar surface area (TPSA) is 75.4 Å². The second kappa shape index (κ2) is 6.39. The molecule has 6 nitrogen and oxygen atoms in total. The average molecular weight is 289 g/mol. The van der Waals surface area contributed by atoms with Gasteiger partial charge >= 0.3 is 5.97 Å². The molecule has 0 saturated heterocycles. The van der Waals surface area contributed by atoms with E-state index in [4.69, 9.17) is 5.11 Å². The minimum absolute atomic E-state index is 0.0491. The van der Waals surface area contributed by atoms with Gasteiger partial charge in [-0.15, -0.1) is 0 Å². The van der Waals surface area contributed by atoms with Crippen LogP contribution in [0.4, 0.5) is 0 Å². The molecule has 2 rings (SSSR count). The van der Waals surface area contributed by atoms with Crippen molar-refractivity contribution >= 4 is 22.8 Å². The summed E-state index contributed by atoms with van der Waals surface area (Å²) in [5.74, 6) is -1.03. The molecule has 1 amide bonds. The number of amides is 1. The van der Waals surface area contributed by atoms with Gasteiger partial charge in [-0.3, -0.25) is 14.3 Å². The first-order valence-electron chi connectivity index (χ1n) is 6.87. The van der Waals surface area contributed by atoms with Gasteiger partial charge in [-0.2, -0.15) is 5.10 Å². The monoisotopic (exact) mass is 289 g/mol. The van der Waals surface area contributed by atoms with Gasteiger partial charge in [-0.1, -0.05) is 32.0 Å². The molecular formula is C15H19N3O3. The third-order valence-corrected chi connectivity index (χ3v) is 3.10. The average Bonchev–Trinajstić information content (AvgIpc) is 2.80. The quantitative estimate of drug-likeness (QED) is 0.876. The van der Waals surface area contributed by atoms with E-state index in [1.54, 1.807) is 10.9 Å². The molecule has 2 aromatic rings. The van der Waals surface area contributed by atoms with Gasteiger partial charge < -0.3 is 10.0 Å². The van der Waals surface area contributed by atoms with Gasteiger partial charge in [0.1, 0.15) is 13.1 Å². The molecule has 6 heteroatoms. The number of rotatable bonds is 6. The van der Waals surface area contributed by atoms with E-state index in [1.165, 1.54) is 4.90 Å². The number of aliphatic carboxylic acids is 1. The van der Waals surface area contributed by atoms with Crippen LogP contribution >= 0.6 is 0 Å². The fourth-order valence-electron chi connectivity index (χ4n) is 2.24. The Labute approximate surface area is 123 Å². The Morgan fingerprint density at radius 2 is 2.05 bits per heavy atom. The number of hydrogen-bond donors (Lipinski definition) is 1. The van der Waals surface area contributed by atoms with Crippen LogP contribution in [0.5, 0.6) is 0 Å². The first kappa shape index (κ1) is 15.0. The van der Waals surface area contributed by atoms with Crippen molar-refractivity contribution in [3.63, 3.8) is 0 Å². The number of carbonyl (C=O) groups is 2. The minimum atomic E-state index is -1.01. The van der Waals surface area contributed by atoms with Crippen LogP contribution in [0.25, 0.3) is 10.9 Å². The van der Waals surface area contributed by atoms with E-state index in [1.807, 2.05) is 38.1 Å². The molecule has 1 aromatic carbocycles. The molecule has 0 saturated carbocycles. The SMILES string of the molecule is CC(C)CN(CC(=O)O)C(=O)Cn1ncc2ccccc21. The maximum Gasteiger partial charge on any atom is 0.323 e. The fourth-order valence-corrected chi connectivity index (χ4v) is 2.24. The van der Waals surface area contributed by atoms with Crippen molar-refractivity contribution in [2.75, 3.05) is 13.1 Å². The van der Waals surface area contributed by atoms with Crippen LogP contribution in [0.2, 0.25) is 0 Å². The molecule has 0 fully saturated rings. The molecule has 0 bridgehead atoms. The van der Waals surface area contributed by atoms with Crippen molar-refractivity contribution in [3.8, 4) is 0 Å². The van der Waals surface area contributed by atoms with Crippen LogP contribution < -0.4 is 0 Å². The Hall–Kier alpha value is -2.37. The van der Waals surface area contributed by atoms with Crippen molar-refractivity contribution in [3.05, 3.63) is 30.5 Å². The summed E-state index contributed by atoms with van der Waals surface area (Å²) in [4.78, 5) is 24.6. The largest absolute Gasteiger partial charge is 0.480 e. The first-order valence-corrected chi connectivity index (χ1v) is 6.87. The van der Waals surface area contributed by atoms with Crippen molar-refractivity contribution in [1.82, 2.24) is 14.7 Å². The summed E-state index contributed by atoms with van der Waals surface area (Å²) in [6, 6.07) is 7.60. The zero-order valence-corrected chi connectivity index (χ0v) is 12.2. The predicted octanol–water partition coefficient (Wildman–Crippen LogP) is 1.61. The molecule has 0 atom stereocenters. The summed E-state index contributed by atoms with van der Waals surface area (Å²) < 4.78 is 1.60. The van der Waals surface area contributed by atoms with Gasteiger partial charge in [0.05, 0.1) is 11.7 Å². The van der Waals surface area contributed by atoms with Crippen LogP contribution in [-0.2, 0) is 16.1 Å². The summed E-state index contributed by atoms with van der Waals surface area (Å²) in [6.45, 7) is 4.09. The number of carbonyl (C=O) groups excluding carboxylic acids is 1. The zero-order chi connectivity index (χ0) is 15.4. The van der Waals surface area contributed by atoms with E-state index in [0.29, 0.717) is 6.54 Å². The minimum Gasteiger partial charge on any atom is -0.480 e. The summed E-state index contributed by atoms with van der Waals surface area (Å²) in [5, 5.41) is 14.1. The van der Waals surface area contributed by atoms with Crippen molar-refractivity contribution < 1.29 is 14.7 Å². The Morgan fingerprint density at radius 1 is 1.33 bits per heavy atom. The summed E-state index contributed by atoms with van der Waals surface area (Å²) in [6.07, 6.45) is 1.70.